The van der Waals surface area contributed by atoms with Crippen LogP contribution < -0.4 is 0 Å². The third kappa shape index (κ3) is 6.87. The summed E-state index contributed by atoms with van der Waals surface area (Å²) in [5.41, 5.74) is 1.32. The van der Waals surface area contributed by atoms with Gasteiger partial charge in [0, 0.05) is 0 Å². The van der Waals surface area contributed by atoms with Gasteiger partial charge in [-0.1, -0.05) is 0 Å². The van der Waals surface area contributed by atoms with Gasteiger partial charge in [-0.3, -0.25) is 0 Å². The third-order valence-electron chi connectivity index (χ3n) is 2.47. The van der Waals surface area contributed by atoms with Crippen molar-refractivity contribution in [2.45, 2.75) is 43.2 Å². The molecular formula is C15H22Se. The Morgan fingerprint density at radius 2 is 1.88 bits per heavy atom. The van der Waals surface area contributed by atoms with Crippen molar-refractivity contribution >= 4 is 21.0 Å². The van der Waals surface area contributed by atoms with E-state index >= 15 is 0 Å². The molecule has 0 nitrogen and oxygen atoms in total. The third-order valence-corrected chi connectivity index (χ3v) is 4.58. The van der Waals surface area contributed by atoms with Crippen molar-refractivity contribution in [3.05, 3.63) is 42.0 Å². The normalized spacial score (nSPS) is 11.1. The SMILES string of the molecule is CCCCCC[Se]C/C=C/c1ccccc1. The van der Waals surface area contributed by atoms with Crippen LogP contribution >= 0.6 is 0 Å². The summed E-state index contributed by atoms with van der Waals surface area (Å²) < 4.78 is 0. The molecule has 1 aromatic carbocycles. The summed E-state index contributed by atoms with van der Waals surface area (Å²) in [5, 5.41) is 2.74. The molecule has 0 bridgehead atoms. The zero-order chi connectivity index (χ0) is 11.5. The number of hydrogen-bond acceptors (Lipinski definition) is 0. The topological polar surface area (TPSA) is 0 Å². The zero-order valence-corrected chi connectivity index (χ0v) is 11.9. The quantitative estimate of drug-likeness (QED) is 0.473. The molecule has 0 N–H and O–H groups in total. The molecule has 0 heterocycles. The molecule has 0 unspecified atom stereocenters. The van der Waals surface area contributed by atoms with Gasteiger partial charge in [0.2, 0.25) is 0 Å². The van der Waals surface area contributed by atoms with Crippen LogP contribution in [0.25, 0.3) is 6.08 Å². The van der Waals surface area contributed by atoms with E-state index in [1.54, 1.807) is 0 Å². The van der Waals surface area contributed by atoms with E-state index in [0.717, 1.165) is 15.0 Å². The van der Waals surface area contributed by atoms with Crippen molar-refractivity contribution in [2.75, 3.05) is 0 Å². The van der Waals surface area contributed by atoms with Gasteiger partial charge >= 0.3 is 106 Å². The van der Waals surface area contributed by atoms with Gasteiger partial charge in [-0.15, -0.1) is 0 Å². The van der Waals surface area contributed by atoms with Gasteiger partial charge in [0.15, 0.2) is 0 Å². The molecule has 16 heavy (non-hydrogen) atoms. The first-order valence-electron chi connectivity index (χ1n) is 6.23. The van der Waals surface area contributed by atoms with Crippen LogP contribution in [0.4, 0.5) is 0 Å². The number of benzene rings is 1. The molecule has 0 aromatic heterocycles. The van der Waals surface area contributed by atoms with E-state index in [1.165, 1.54) is 41.9 Å². The van der Waals surface area contributed by atoms with Crippen molar-refractivity contribution in [3.63, 3.8) is 0 Å². The maximum atomic E-state index is 2.33. The Morgan fingerprint density at radius 1 is 1.06 bits per heavy atom. The molecule has 1 heteroatoms. The van der Waals surface area contributed by atoms with Gasteiger partial charge in [-0.2, -0.15) is 0 Å². The molecule has 0 aliphatic rings. The Hall–Kier alpha value is -0.521. The fraction of sp³-hybridized carbons (Fsp3) is 0.467. The second kappa shape index (κ2) is 9.69. The summed E-state index contributed by atoms with van der Waals surface area (Å²) in [7, 11) is 0. The predicted molar refractivity (Wildman–Crippen MR) is 75.0 cm³/mol. The van der Waals surface area contributed by atoms with Crippen molar-refractivity contribution in [1.29, 1.82) is 0 Å². The first kappa shape index (κ1) is 13.5. The van der Waals surface area contributed by atoms with E-state index in [0.29, 0.717) is 0 Å². The summed E-state index contributed by atoms with van der Waals surface area (Å²) in [4.78, 5) is 0. The number of rotatable bonds is 8. The van der Waals surface area contributed by atoms with Gasteiger partial charge < -0.3 is 0 Å². The van der Waals surface area contributed by atoms with E-state index in [2.05, 4.69) is 49.4 Å². The number of hydrogen-bond donors (Lipinski definition) is 0. The molecule has 1 rings (SSSR count). The van der Waals surface area contributed by atoms with E-state index in [-0.39, 0.29) is 0 Å². The van der Waals surface area contributed by atoms with Crippen molar-refractivity contribution in [2.24, 2.45) is 0 Å². The fourth-order valence-electron chi connectivity index (χ4n) is 1.53. The fourth-order valence-corrected chi connectivity index (χ4v) is 3.22. The number of unbranched alkanes of at least 4 members (excludes halogenated alkanes) is 3. The van der Waals surface area contributed by atoms with E-state index in [9.17, 15) is 0 Å². The predicted octanol–water partition coefficient (Wildman–Crippen LogP) is 4.82. The molecular weight excluding hydrogens is 259 g/mol. The molecule has 0 amide bonds. The molecule has 1 aromatic rings. The van der Waals surface area contributed by atoms with Gasteiger partial charge in [-0.25, -0.2) is 0 Å². The summed E-state index contributed by atoms with van der Waals surface area (Å²) >= 11 is 0.818. The summed E-state index contributed by atoms with van der Waals surface area (Å²) in [5.74, 6) is 0. The molecule has 0 fully saturated rings. The minimum absolute atomic E-state index is 0.818. The average molecular weight is 281 g/mol. The van der Waals surface area contributed by atoms with Gasteiger partial charge in [-0.05, 0) is 0 Å². The van der Waals surface area contributed by atoms with Gasteiger partial charge in [0.25, 0.3) is 0 Å². The van der Waals surface area contributed by atoms with E-state index in [4.69, 9.17) is 0 Å². The Morgan fingerprint density at radius 3 is 2.62 bits per heavy atom. The van der Waals surface area contributed by atoms with Crippen LogP contribution in [-0.2, 0) is 0 Å². The van der Waals surface area contributed by atoms with Crippen LogP contribution in [0.15, 0.2) is 36.4 Å². The molecule has 0 saturated heterocycles. The first-order chi connectivity index (χ1) is 7.93. The van der Waals surface area contributed by atoms with Crippen LogP contribution in [0, 0.1) is 0 Å². The molecule has 0 aliphatic carbocycles. The van der Waals surface area contributed by atoms with Crippen LogP contribution in [-0.4, -0.2) is 15.0 Å². The van der Waals surface area contributed by atoms with Crippen molar-refractivity contribution in [1.82, 2.24) is 0 Å². The van der Waals surface area contributed by atoms with Crippen molar-refractivity contribution < 1.29 is 0 Å². The maximum absolute atomic E-state index is 2.33. The minimum atomic E-state index is 0.818. The van der Waals surface area contributed by atoms with Crippen LogP contribution in [0.1, 0.15) is 38.2 Å². The summed E-state index contributed by atoms with van der Waals surface area (Å²) in [6, 6.07) is 10.6. The van der Waals surface area contributed by atoms with Crippen LogP contribution in [0.5, 0.6) is 0 Å². The van der Waals surface area contributed by atoms with Gasteiger partial charge in [0.05, 0.1) is 0 Å². The molecule has 0 saturated carbocycles. The Balaban J connectivity index is 2.01. The Bertz CT molecular complexity index is 277. The second-order valence-electron chi connectivity index (χ2n) is 3.95. The van der Waals surface area contributed by atoms with Crippen LogP contribution in [0.3, 0.4) is 0 Å². The van der Waals surface area contributed by atoms with Crippen LogP contribution in [0.2, 0.25) is 10.6 Å². The Kier molecular flexibility index (Phi) is 8.20. The molecule has 0 radical (unpaired) electrons. The molecule has 0 spiro atoms. The molecule has 0 aliphatic heterocycles. The molecule has 88 valence electrons. The Labute approximate surface area is 106 Å². The standard InChI is InChI=1S/C15H22Se/c1-2-3-4-8-13-16-14-9-12-15-10-6-5-7-11-15/h5-7,9-12H,2-4,8,13-14H2,1H3/b12-9+. The van der Waals surface area contributed by atoms with E-state index < -0.39 is 0 Å². The van der Waals surface area contributed by atoms with E-state index in [1.807, 2.05) is 0 Å². The van der Waals surface area contributed by atoms with Crippen molar-refractivity contribution in [3.8, 4) is 0 Å². The summed E-state index contributed by atoms with van der Waals surface area (Å²) in [6.45, 7) is 2.27. The first-order valence-corrected chi connectivity index (χ1v) is 8.65. The summed E-state index contributed by atoms with van der Waals surface area (Å²) in [6.07, 6.45) is 10.2. The van der Waals surface area contributed by atoms with Gasteiger partial charge in [0.1, 0.15) is 0 Å². The average Bonchev–Trinajstić information content (AvgIpc) is 2.34. The zero-order valence-electron chi connectivity index (χ0n) is 10.2. The second-order valence-corrected chi connectivity index (χ2v) is 6.36. The monoisotopic (exact) mass is 282 g/mol. The molecule has 0 atom stereocenters. The number of allylic oxidation sites excluding steroid dienone is 1.